The summed E-state index contributed by atoms with van der Waals surface area (Å²) in [7, 11) is -3.03. The van der Waals surface area contributed by atoms with Crippen LogP contribution in [0.15, 0.2) is 0 Å². The Morgan fingerprint density at radius 3 is 2.00 bits per heavy atom. The van der Waals surface area contributed by atoms with Gasteiger partial charge in [0, 0.05) is 17.7 Å². The van der Waals surface area contributed by atoms with Crippen LogP contribution in [0.3, 0.4) is 0 Å². The second-order valence-electron chi connectivity index (χ2n) is 5.92. The fraction of sp³-hybridized carbons (Fsp3) is 0.917. The van der Waals surface area contributed by atoms with Crippen LogP contribution in [0.2, 0.25) is 0 Å². The zero-order valence-corrected chi connectivity index (χ0v) is 12.5. The van der Waals surface area contributed by atoms with E-state index in [0.717, 1.165) is 0 Å². The minimum absolute atomic E-state index is 0.0409. The molecule has 0 aliphatic rings. The number of Topliss-reactive ketones (excluding diaryl/α,β-unsaturated/α-hetero) is 1. The van der Waals surface area contributed by atoms with Crippen molar-refractivity contribution in [2.45, 2.75) is 52.6 Å². The van der Waals surface area contributed by atoms with Crippen LogP contribution in [0.5, 0.6) is 0 Å². The van der Waals surface area contributed by atoms with Crippen molar-refractivity contribution in [2.24, 2.45) is 5.92 Å². The number of nitrogens with one attached hydrogen (secondary N) is 1. The highest BCUT2D eigenvalue weighted by atomic mass is 32.2. The molecule has 0 aromatic carbocycles. The van der Waals surface area contributed by atoms with Gasteiger partial charge in [0.15, 0.2) is 5.78 Å². The Labute approximate surface area is 105 Å². The van der Waals surface area contributed by atoms with Gasteiger partial charge in [0.05, 0.1) is 11.8 Å². The number of sulfone groups is 1. The van der Waals surface area contributed by atoms with Gasteiger partial charge in [-0.3, -0.25) is 4.79 Å². The quantitative estimate of drug-likeness (QED) is 0.787. The highest BCUT2D eigenvalue weighted by Crippen LogP contribution is 2.10. The number of carbonyl (C=O) groups is 1. The summed E-state index contributed by atoms with van der Waals surface area (Å²) in [5.74, 6) is 0.0251. The highest BCUT2D eigenvalue weighted by molar-refractivity contribution is 7.90. The number of hydrogen-bond acceptors (Lipinski definition) is 4. The first kappa shape index (κ1) is 16.6. The maximum atomic E-state index is 12.0. The van der Waals surface area contributed by atoms with Gasteiger partial charge in [0.1, 0.15) is 9.84 Å². The van der Waals surface area contributed by atoms with Gasteiger partial charge >= 0.3 is 0 Å². The van der Waals surface area contributed by atoms with Gasteiger partial charge in [-0.05, 0) is 27.2 Å². The zero-order valence-electron chi connectivity index (χ0n) is 11.7. The van der Waals surface area contributed by atoms with Crippen LogP contribution in [0, 0.1) is 5.92 Å². The number of carbonyl (C=O) groups excluding carboxylic acids is 1. The molecule has 4 nitrogen and oxygen atoms in total. The van der Waals surface area contributed by atoms with E-state index >= 15 is 0 Å². The predicted molar refractivity (Wildman–Crippen MR) is 70.8 cm³/mol. The molecule has 0 spiro atoms. The smallest absolute Gasteiger partial charge is 0.152 e. The van der Waals surface area contributed by atoms with Crippen LogP contribution in [0.25, 0.3) is 0 Å². The highest BCUT2D eigenvalue weighted by Gasteiger charge is 2.26. The summed E-state index contributed by atoms with van der Waals surface area (Å²) >= 11 is 0. The normalized spacial score (nSPS) is 15.0. The van der Waals surface area contributed by atoms with Crippen molar-refractivity contribution in [1.29, 1.82) is 0 Å². The summed E-state index contributed by atoms with van der Waals surface area (Å²) < 4.78 is 22.3. The molecule has 0 saturated carbocycles. The first-order chi connectivity index (χ1) is 7.42. The van der Waals surface area contributed by atoms with E-state index in [2.05, 4.69) is 5.32 Å². The van der Waals surface area contributed by atoms with E-state index in [1.807, 2.05) is 34.6 Å². The second-order valence-corrected chi connectivity index (χ2v) is 8.18. The molecule has 102 valence electrons. The van der Waals surface area contributed by atoms with Crippen molar-refractivity contribution in [3.8, 4) is 0 Å². The molecule has 0 heterocycles. The maximum Gasteiger partial charge on any atom is 0.152 e. The Kier molecular flexibility index (Phi) is 5.81. The van der Waals surface area contributed by atoms with E-state index in [0.29, 0.717) is 6.42 Å². The molecule has 1 unspecified atom stereocenters. The summed E-state index contributed by atoms with van der Waals surface area (Å²) in [5.41, 5.74) is -0.202. The van der Waals surface area contributed by atoms with Crippen molar-refractivity contribution in [3.63, 3.8) is 0 Å². The van der Waals surface area contributed by atoms with Crippen molar-refractivity contribution >= 4 is 15.6 Å². The summed E-state index contributed by atoms with van der Waals surface area (Å²) in [6.07, 6.45) is 1.54. The minimum atomic E-state index is -3.03. The molecule has 5 heteroatoms. The lowest BCUT2D eigenvalue weighted by atomic mass is 9.97. The molecule has 0 aromatic rings. The van der Waals surface area contributed by atoms with Crippen LogP contribution in [0.1, 0.15) is 41.0 Å². The largest absolute Gasteiger partial charge is 0.303 e. The summed E-state index contributed by atoms with van der Waals surface area (Å²) in [6.45, 7) is 9.57. The Bertz CT molecular complexity index is 352. The third-order valence-corrected chi connectivity index (χ3v) is 3.27. The lowest BCUT2D eigenvalue weighted by molar-refractivity contribution is -0.124. The van der Waals surface area contributed by atoms with Gasteiger partial charge in [-0.1, -0.05) is 13.8 Å². The average molecular weight is 263 g/mol. The van der Waals surface area contributed by atoms with Crippen LogP contribution in [-0.4, -0.2) is 37.8 Å². The van der Waals surface area contributed by atoms with Gasteiger partial charge in [0.2, 0.25) is 0 Å². The first-order valence-electron chi connectivity index (χ1n) is 5.91. The predicted octanol–water partition coefficient (Wildman–Crippen LogP) is 1.40. The summed E-state index contributed by atoms with van der Waals surface area (Å²) in [6, 6.07) is -0.385. The molecule has 1 atom stereocenters. The third kappa shape index (κ3) is 8.32. The lowest BCUT2D eigenvalue weighted by Gasteiger charge is -2.28. The fourth-order valence-electron chi connectivity index (χ4n) is 1.54. The molecule has 0 saturated heterocycles. The molecule has 1 N–H and O–H groups in total. The minimum Gasteiger partial charge on any atom is -0.303 e. The van der Waals surface area contributed by atoms with E-state index in [4.69, 9.17) is 0 Å². The van der Waals surface area contributed by atoms with E-state index in [1.165, 1.54) is 6.26 Å². The molecular weight excluding hydrogens is 238 g/mol. The van der Waals surface area contributed by atoms with Gasteiger partial charge in [-0.25, -0.2) is 8.42 Å². The molecule has 0 aromatic heterocycles. The first-order valence-corrected chi connectivity index (χ1v) is 7.97. The fourth-order valence-corrected chi connectivity index (χ4v) is 2.21. The molecule has 0 fully saturated rings. The molecule has 0 aliphatic carbocycles. The van der Waals surface area contributed by atoms with Crippen LogP contribution in [0.4, 0.5) is 0 Å². The Hall–Kier alpha value is -0.420. The van der Waals surface area contributed by atoms with Gasteiger partial charge in [-0.2, -0.15) is 0 Å². The molecule has 0 bridgehead atoms. The van der Waals surface area contributed by atoms with Gasteiger partial charge in [0.25, 0.3) is 0 Å². The maximum absolute atomic E-state index is 12.0. The molecule has 0 amide bonds. The van der Waals surface area contributed by atoms with Crippen molar-refractivity contribution in [2.75, 3.05) is 12.0 Å². The van der Waals surface area contributed by atoms with Crippen LogP contribution < -0.4 is 5.32 Å². The SMILES string of the molecule is CC(C)C(=O)C(CCS(C)(=O)=O)NC(C)(C)C. The summed E-state index contributed by atoms with van der Waals surface area (Å²) in [5, 5.41) is 3.20. The van der Waals surface area contributed by atoms with Crippen LogP contribution >= 0.6 is 0 Å². The van der Waals surface area contributed by atoms with Crippen molar-refractivity contribution in [3.05, 3.63) is 0 Å². The van der Waals surface area contributed by atoms with Gasteiger partial charge in [-0.15, -0.1) is 0 Å². The van der Waals surface area contributed by atoms with Crippen LogP contribution in [-0.2, 0) is 14.6 Å². The monoisotopic (exact) mass is 263 g/mol. The standard InChI is InChI=1S/C12H25NO3S/c1-9(2)11(14)10(13-12(3,4)5)7-8-17(6,15)16/h9-10,13H,7-8H2,1-6H3. The number of rotatable bonds is 6. The molecule has 0 aliphatic heterocycles. The Morgan fingerprint density at radius 1 is 1.24 bits per heavy atom. The van der Waals surface area contributed by atoms with E-state index < -0.39 is 9.84 Å². The molecule has 0 radical (unpaired) electrons. The average Bonchev–Trinajstić information content (AvgIpc) is 2.07. The third-order valence-electron chi connectivity index (χ3n) is 2.30. The number of ketones is 1. The second kappa shape index (κ2) is 5.96. The number of hydrogen-bond donors (Lipinski definition) is 1. The van der Waals surface area contributed by atoms with E-state index in [9.17, 15) is 13.2 Å². The molecule has 17 heavy (non-hydrogen) atoms. The molecule has 0 rings (SSSR count). The van der Waals surface area contributed by atoms with E-state index in [-0.39, 0.29) is 29.0 Å². The van der Waals surface area contributed by atoms with E-state index in [1.54, 1.807) is 0 Å². The Balaban J connectivity index is 4.69. The zero-order chi connectivity index (χ0) is 13.9. The van der Waals surface area contributed by atoms with Crippen molar-refractivity contribution in [1.82, 2.24) is 5.32 Å². The summed E-state index contributed by atoms with van der Waals surface area (Å²) in [4.78, 5) is 12.0. The molecular formula is C12H25NO3S. The van der Waals surface area contributed by atoms with Crippen molar-refractivity contribution < 1.29 is 13.2 Å². The topological polar surface area (TPSA) is 63.2 Å². The lowest BCUT2D eigenvalue weighted by Crippen LogP contribution is -2.49. The van der Waals surface area contributed by atoms with Gasteiger partial charge < -0.3 is 5.32 Å². The Morgan fingerprint density at radius 2 is 1.71 bits per heavy atom.